The van der Waals surface area contributed by atoms with Gasteiger partial charge in [0.2, 0.25) is 5.88 Å². The molecule has 3 heterocycles. The van der Waals surface area contributed by atoms with Crippen molar-refractivity contribution in [3.05, 3.63) is 71.8 Å². The van der Waals surface area contributed by atoms with E-state index in [0.717, 1.165) is 21.5 Å². The molecule has 0 radical (unpaired) electrons. The maximum Gasteiger partial charge on any atom is 0.255 e. The Labute approximate surface area is 190 Å². The molecule has 0 aliphatic heterocycles. The Kier molecular flexibility index (Phi) is 7.38. The minimum Gasteiger partial charge on any atom is -0.481 e. The number of carbonyl (C=O) groups excluding carboxylic acids is 1. The van der Waals surface area contributed by atoms with E-state index in [1.807, 2.05) is 30.3 Å². The van der Waals surface area contributed by atoms with E-state index in [1.54, 1.807) is 49.7 Å². The third kappa shape index (κ3) is 5.68. The Morgan fingerprint density at radius 3 is 2.61 bits per heavy atom. The number of benzene rings is 1. The molecule has 0 saturated carbocycles. The predicted molar refractivity (Wildman–Crippen MR) is 127 cm³/mol. The summed E-state index contributed by atoms with van der Waals surface area (Å²) in [5.74, 6) is 0.418. The number of aromatic nitrogens is 3. The molecule has 0 atom stereocenters. The molecule has 7 nitrogen and oxygen atoms in total. The van der Waals surface area contributed by atoms with Crippen LogP contribution in [0.25, 0.3) is 10.9 Å². The summed E-state index contributed by atoms with van der Waals surface area (Å²) >= 11 is 10.2. The van der Waals surface area contributed by atoms with Crippen LogP contribution in [-0.2, 0) is 0 Å². The van der Waals surface area contributed by atoms with Gasteiger partial charge in [-0.3, -0.25) is 9.78 Å². The molecule has 0 bridgehead atoms. The van der Waals surface area contributed by atoms with Crippen molar-refractivity contribution < 1.29 is 9.53 Å². The average Bonchev–Trinajstić information content (AvgIpc) is 3.18. The first-order chi connectivity index (χ1) is 14.9. The molecule has 160 valence electrons. The van der Waals surface area contributed by atoms with Crippen LogP contribution in [0.4, 0.5) is 11.4 Å². The van der Waals surface area contributed by atoms with Crippen LogP contribution in [-0.4, -0.2) is 47.0 Å². The van der Waals surface area contributed by atoms with Crippen LogP contribution in [0.1, 0.15) is 10.4 Å². The molecule has 3 aromatic heterocycles. The lowest BCUT2D eigenvalue weighted by Gasteiger charge is -2.10. The second kappa shape index (κ2) is 10.2. The highest BCUT2D eigenvalue weighted by atomic mass is 35.5. The van der Waals surface area contributed by atoms with Gasteiger partial charge in [-0.15, -0.1) is 12.6 Å². The van der Waals surface area contributed by atoms with E-state index in [0.29, 0.717) is 22.3 Å². The molecule has 0 saturated heterocycles. The van der Waals surface area contributed by atoms with Gasteiger partial charge in [0.25, 0.3) is 5.91 Å². The van der Waals surface area contributed by atoms with Crippen molar-refractivity contribution in [3.8, 4) is 5.88 Å². The largest absolute Gasteiger partial charge is 0.481 e. The third-order valence-corrected chi connectivity index (χ3v) is 4.83. The summed E-state index contributed by atoms with van der Waals surface area (Å²) in [6.07, 6.45) is 5.14. The number of methoxy groups -OCH3 is 1. The molecule has 0 aliphatic carbocycles. The van der Waals surface area contributed by atoms with E-state index in [9.17, 15) is 4.79 Å². The van der Waals surface area contributed by atoms with E-state index in [1.165, 1.54) is 7.11 Å². The highest BCUT2D eigenvalue weighted by molar-refractivity contribution is 7.80. The molecular weight excluding hydrogens is 434 g/mol. The summed E-state index contributed by atoms with van der Waals surface area (Å²) < 4.78 is 5.04. The quantitative estimate of drug-likeness (QED) is 0.296. The number of halogens is 1. The molecule has 0 spiro atoms. The Morgan fingerprint density at radius 1 is 1.23 bits per heavy atom. The number of thiol groups is 1. The number of anilines is 2. The Hall–Kier alpha value is -3.23. The summed E-state index contributed by atoms with van der Waals surface area (Å²) in [6, 6.07) is 13.0. The molecule has 4 aromatic rings. The van der Waals surface area contributed by atoms with Crippen LogP contribution >= 0.6 is 24.2 Å². The SMILES string of the molecule is COc1ccc(Nc2ccc3c(C(=O)N(C)C)c[nH]c3c2)c(Cl)n1.Sc1cccnc1. The number of nitrogens with zero attached hydrogens (tertiary/aromatic N) is 3. The number of rotatable bonds is 4. The Bertz CT molecular complexity index is 1180. The maximum atomic E-state index is 12.2. The molecule has 0 aliphatic rings. The Morgan fingerprint density at radius 2 is 2.03 bits per heavy atom. The van der Waals surface area contributed by atoms with Crippen LogP contribution in [0.2, 0.25) is 5.15 Å². The fraction of sp³-hybridized carbons (Fsp3) is 0.136. The lowest BCUT2D eigenvalue weighted by Crippen LogP contribution is -2.21. The molecule has 9 heteroatoms. The van der Waals surface area contributed by atoms with Crippen molar-refractivity contribution in [2.75, 3.05) is 26.5 Å². The minimum atomic E-state index is -0.0376. The minimum absolute atomic E-state index is 0.0376. The number of carbonyl (C=O) groups is 1. The number of ether oxygens (including phenoxy) is 1. The lowest BCUT2D eigenvalue weighted by atomic mass is 10.1. The second-order valence-electron chi connectivity index (χ2n) is 6.69. The van der Waals surface area contributed by atoms with Crippen LogP contribution in [0, 0.1) is 0 Å². The molecule has 0 unspecified atom stereocenters. The van der Waals surface area contributed by atoms with Crippen LogP contribution in [0.5, 0.6) is 5.88 Å². The van der Waals surface area contributed by atoms with Gasteiger partial charge in [0, 0.05) is 60.2 Å². The van der Waals surface area contributed by atoms with Gasteiger partial charge in [0.05, 0.1) is 18.4 Å². The summed E-state index contributed by atoms with van der Waals surface area (Å²) in [5.41, 5.74) is 3.02. The van der Waals surface area contributed by atoms with Crippen molar-refractivity contribution in [3.63, 3.8) is 0 Å². The molecule has 31 heavy (non-hydrogen) atoms. The normalized spacial score (nSPS) is 10.2. The molecule has 2 N–H and O–H groups in total. The zero-order chi connectivity index (χ0) is 22.4. The standard InChI is InChI=1S/C17H17ClN4O2.C5H5NS/c1-22(2)17(23)12-9-19-14-8-10(4-5-11(12)14)20-13-6-7-15(24-3)21-16(13)18;7-5-2-1-3-6-4-5/h4-9,19-20H,1-3H3;1-4,7H. The van der Waals surface area contributed by atoms with E-state index < -0.39 is 0 Å². The smallest absolute Gasteiger partial charge is 0.255 e. The highest BCUT2D eigenvalue weighted by Crippen LogP contribution is 2.28. The van der Waals surface area contributed by atoms with Crippen LogP contribution in [0.15, 0.2) is 66.0 Å². The number of H-pyrrole nitrogens is 1. The number of fused-ring (bicyclic) bond motifs is 1. The van der Waals surface area contributed by atoms with Crippen molar-refractivity contribution in [1.82, 2.24) is 19.9 Å². The molecule has 0 fully saturated rings. The van der Waals surface area contributed by atoms with Gasteiger partial charge < -0.3 is 19.9 Å². The van der Waals surface area contributed by atoms with Crippen molar-refractivity contribution in [1.29, 1.82) is 0 Å². The molecule has 1 aromatic carbocycles. The molecule has 4 rings (SSSR count). The van der Waals surface area contributed by atoms with Gasteiger partial charge >= 0.3 is 0 Å². The fourth-order valence-electron chi connectivity index (χ4n) is 2.76. The zero-order valence-electron chi connectivity index (χ0n) is 17.3. The molecule has 1 amide bonds. The number of hydrogen-bond acceptors (Lipinski definition) is 6. The topological polar surface area (TPSA) is 83.1 Å². The van der Waals surface area contributed by atoms with Crippen LogP contribution < -0.4 is 10.1 Å². The number of pyridine rings is 2. The van der Waals surface area contributed by atoms with Gasteiger partial charge in [-0.2, -0.15) is 4.98 Å². The highest BCUT2D eigenvalue weighted by Gasteiger charge is 2.14. The van der Waals surface area contributed by atoms with E-state index in [4.69, 9.17) is 16.3 Å². The summed E-state index contributed by atoms with van der Waals surface area (Å²) in [6.45, 7) is 0. The van der Waals surface area contributed by atoms with Gasteiger partial charge in [-0.25, -0.2) is 0 Å². The zero-order valence-corrected chi connectivity index (χ0v) is 18.9. The Balaban J connectivity index is 0.000000330. The predicted octanol–water partition coefficient (Wildman–Crippen LogP) is 5.04. The average molecular weight is 456 g/mol. The van der Waals surface area contributed by atoms with Crippen LogP contribution in [0.3, 0.4) is 0 Å². The maximum absolute atomic E-state index is 12.2. The summed E-state index contributed by atoms with van der Waals surface area (Å²) in [7, 11) is 5.00. The van der Waals surface area contributed by atoms with Gasteiger partial charge in [-0.1, -0.05) is 11.6 Å². The van der Waals surface area contributed by atoms with Gasteiger partial charge in [0.15, 0.2) is 5.15 Å². The van der Waals surface area contributed by atoms with E-state index in [-0.39, 0.29) is 5.91 Å². The van der Waals surface area contributed by atoms with Crippen molar-refractivity contribution in [2.45, 2.75) is 4.90 Å². The number of aromatic amines is 1. The van der Waals surface area contributed by atoms with E-state index in [2.05, 4.69) is 32.9 Å². The first-order valence-corrected chi connectivity index (χ1v) is 10.1. The first-order valence-electron chi connectivity index (χ1n) is 9.28. The van der Waals surface area contributed by atoms with Gasteiger partial charge in [-0.05, 0) is 36.4 Å². The summed E-state index contributed by atoms with van der Waals surface area (Å²) in [4.78, 5) is 25.7. The van der Waals surface area contributed by atoms with Crippen molar-refractivity contribution >= 4 is 52.4 Å². The van der Waals surface area contributed by atoms with Gasteiger partial charge in [0.1, 0.15) is 0 Å². The number of amides is 1. The lowest BCUT2D eigenvalue weighted by molar-refractivity contribution is 0.0829. The second-order valence-corrected chi connectivity index (χ2v) is 7.56. The van der Waals surface area contributed by atoms with E-state index >= 15 is 0 Å². The third-order valence-electron chi connectivity index (χ3n) is 4.28. The monoisotopic (exact) mass is 455 g/mol. The number of hydrogen-bond donors (Lipinski definition) is 3. The molecular formula is C22H22ClN5O2S. The first kappa shape index (κ1) is 22.5. The fourth-order valence-corrected chi connectivity index (χ4v) is 3.10. The van der Waals surface area contributed by atoms with Crippen molar-refractivity contribution in [2.24, 2.45) is 0 Å². The summed E-state index contributed by atoms with van der Waals surface area (Å²) in [5, 5.41) is 4.41. The number of nitrogens with one attached hydrogen (secondary N) is 2.